The fourth-order valence-electron chi connectivity index (χ4n) is 2.25. The second-order valence-electron chi connectivity index (χ2n) is 5.61. The molecule has 4 N–H and O–H groups in total. The van der Waals surface area contributed by atoms with Crippen LogP contribution in [0.4, 0.5) is 0 Å². The number of ether oxygens (including phenoxy) is 1. The van der Waals surface area contributed by atoms with Crippen LogP contribution in [0.15, 0.2) is 60.4 Å². The highest BCUT2D eigenvalue weighted by atomic mass is 16.5. The maximum absolute atomic E-state index is 12.0. The lowest BCUT2D eigenvalue weighted by molar-refractivity contribution is -0.116. The van der Waals surface area contributed by atoms with E-state index in [1.165, 1.54) is 43.5 Å². The summed E-state index contributed by atoms with van der Waals surface area (Å²) in [6.45, 7) is 0. The van der Waals surface area contributed by atoms with E-state index in [4.69, 9.17) is 4.74 Å². The number of rotatable bonds is 7. The molecular weight excluding hydrogens is 336 g/mol. The molecule has 0 saturated heterocycles. The zero-order valence-corrected chi connectivity index (χ0v) is 14.2. The molecule has 0 spiro atoms. The van der Waals surface area contributed by atoms with E-state index < -0.39 is 11.9 Å². The number of allylic oxidation sites excluding steroid dienone is 2. The lowest BCUT2D eigenvalue weighted by Crippen LogP contribution is -2.05. The zero-order valence-electron chi connectivity index (χ0n) is 14.2. The van der Waals surface area contributed by atoms with Crippen LogP contribution in [0.25, 0.3) is 6.08 Å². The molecule has 0 bridgehead atoms. The third-order valence-corrected chi connectivity index (χ3v) is 3.63. The normalized spacial score (nSPS) is 12.9. The number of benzene rings is 2. The van der Waals surface area contributed by atoms with E-state index >= 15 is 0 Å². The van der Waals surface area contributed by atoms with E-state index in [0.29, 0.717) is 5.56 Å². The van der Waals surface area contributed by atoms with Crippen LogP contribution in [0.3, 0.4) is 0 Å². The van der Waals surface area contributed by atoms with Gasteiger partial charge in [-0.15, -0.1) is 0 Å². The molecule has 6 heteroatoms. The molecule has 6 nitrogen and oxygen atoms in total. The summed E-state index contributed by atoms with van der Waals surface area (Å²) in [5.74, 6) is -0.441. The van der Waals surface area contributed by atoms with Gasteiger partial charge in [0.05, 0.1) is 13.2 Å². The predicted molar refractivity (Wildman–Crippen MR) is 97.1 cm³/mol. The van der Waals surface area contributed by atoms with Gasteiger partial charge in [0.25, 0.3) is 0 Å². The summed E-state index contributed by atoms with van der Waals surface area (Å²) >= 11 is 0. The number of phenolic OH excluding ortho intramolecular Hbond substituents is 2. The summed E-state index contributed by atoms with van der Waals surface area (Å²) in [6, 6.07) is 10.6. The lowest BCUT2D eigenvalue weighted by atomic mass is 10.0. The van der Waals surface area contributed by atoms with Gasteiger partial charge in [-0.1, -0.05) is 24.3 Å². The van der Waals surface area contributed by atoms with Crippen molar-refractivity contribution in [1.82, 2.24) is 0 Å². The van der Waals surface area contributed by atoms with Gasteiger partial charge >= 0.3 is 0 Å². The number of aromatic hydroxyl groups is 2. The molecular formula is C20H20O6. The van der Waals surface area contributed by atoms with Crippen LogP contribution in [-0.2, 0) is 4.79 Å². The van der Waals surface area contributed by atoms with Crippen LogP contribution in [0.2, 0.25) is 0 Å². The standard InChI is InChI=1S/C20H20O6/c1-26-20-10-14(5-9-18(20)24)19(25)12-17(23)11-16(22)8-4-13-2-6-15(21)7-3-13/h2-11,19,21-22,24-25H,12H2,1H3/b8-4+,16-11-. The predicted octanol–water partition coefficient (Wildman–Crippen LogP) is 3.25. The van der Waals surface area contributed by atoms with E-state index in [-0.39, 0.29) is 29.4 Å². The molecule has 0 saturated carbocycles. The van der Waals surface area contributed by atoms with Crippen molar-refractivity contribution in [1.29, 1.82) is 0 Å². The van der Waals surface area contributed by atoms with Crippen LogP contribution in [0.5, 0.6) is 17.2 Å². The molecule has 0 amide bonds. The number of aliphatic hydroxyl groups is 2. The van der Waals surface area contributed by atoms with Crippen molar-refractivity contribution in [3.05, 3.63) is 71.5 Å². The summed E-state index contributed by atoms with van der Waals surface area (Å²) in [6.07, 6.45) is 2.63. The van der Waals surface area contributed by atoms with E-state index in [1.54, 1.807) is 18.2 Å². The molecule has 0 heterocycles. The maximum Gasteiger partial charge on any atom is 0.162 e. The monoisotopic (exact) mass is 356 g/mol. The first-order chi connectivity index (χ1) is 12.4. The quantitative estimate of drug-likeness (QED) is 0.345. The molecule has 2 aromatic rings. The molecule has 0 aliphatic rings. The lowest BCUT2D eigenvalue weighted by Gasteiger charge is -2.11. The largest absolute Gasteiger partial charge is 0.508 e. The Hall–Kier alpha value is -3.25. The smallest absolute Gasteiger partial charge is 0.162 e. The van der Waals surface area contributed by atoms with Gasteiger partial charge in [0.1, 0.15) is 11.5 Å². The number of aliphatic hydroxyl groups excluding tert-OH is 2. The molecule has 1 atom stereocenters. The van der Waals surface area contributed by atoms with E-state index in [2.05, 4.69) is 0 Å². The van der Waals surface area contributed by atoms with Crippen molar-refractivity contribution in [2.45, 2.75) is 12.5 Å². The fraction of sp³-hybridized carbons (Fsp3) is 0.150. The third-order valence-electron chi connectivity index (χ3n) is 3.63. The van der Waals surface area contributed by atoms with Crippen LogP contribution < -0.4 is 4.74 Å². The number of carbonyl (C=O) groups is 1. The second kappa shape index (κ2) is 8.73. The van der Waals surface area contributed by atoms with Gasteiger partial charge in [0.15, 0.2) is 17.3 Å². The zero-order chi connectivity index (χ0) is 19.1. The Bertz CT molecular complexity index is 821. The van der Waals surface area contributed by atoms with E-state index in [1.807, 2.05) is 0 Å². The molecule has 2 rings (SSSR count). The molecule has 2 aromatic carbocycles. The number of carbonyl (C=O) groups excluding carboxylic acids is 1. The Kier molecular flexibility index (Phi) is 6.41. The van der Waals surface area contributed by atoms with Crippen molar-refractivity contribution in [2.75, 3.05) is 7.11 Å². The van der Waals surface area contributed by atoms with Crippen molar-refractivity contribution in [3.63, 3.8) is 0 Å². The first kappa shape index (κ1) is 19.1. The Morgan fingerprint density at radius 3 is 2.50 bits per heavy atom. The number of hydrogen-bond donors (Lipinski definition) is 4. The van der Waals surface area contributed by atoms with Gasteiger partial charge in [-0.25, -0.2) is 0 Å². The Morgan fingerprint density at radius 1 is 1.15 bits per heavy atom. The summed E-state index contributed by atoms with van der Waals surface area (Å²) in [5, 5.41) is 38.7. The molecule has 1 unspecified atom stereocenters. The molecule has 0 aliphatic heterocycles. The summed E-state index contributed by atoms with van der Waals surface area (Å²) in [5.41, 5.74) is 1.16. The minimum atomic E-state index is -1.10. The Morgan fingerprint density at radius 2 is 1.85 bits per heavy atom. The molecule has 0 aromatic heterocycles. The minimum Gasteiger partial charge on any atom is -0.508 e. The SMILES string of the molecule is COc1cc(C(O)CC(=O)/C=C(O)/C=C/c2ccc(O)cc2)ccc1O. The minimum absolute atomic E-state index is 0.0633. The number of ketones is 1. The van der Waals surface area contributed by atoms with Crippen LogP contribution in [-0.4, -0.2) is 33.3 Å². The van der Waals surface area contributed by atoms with Crippen molar-refractivity contribution in [2.24, 2.45) is 0 Å². The van der Waals surface area contributed by atoms with E-state index in [0.717, 1.165) is 11.6 Å². The van der Waals surface area contributed by atoms with Gasteiger partial charge < -0.3 is 25.2 Å². The second-order valence-corrected chi connectivity index (χ2v) is 5.61. The summed E-state index contributed by atoms with van der Waals surface area (Å²) < 4.78 is 4.96. The molecule has 26 heavy (non-hydrogen) atoms. The topological polar surface area (TPSA) is 107 Å². The average molecular weight is 356 g/mol. The molecule has 0 radical (unpaired) electrons. The highest BCUT2D eigenvalue weighted by Gasteiger charge is 2.14. The fourth-order valence-corrected chi connectivity index (χ4v) is 2.25. The van der Waals surface area contributed by atoms with Crippen LogP contribution >= 0.6 is 0 Å². The summed E-state index contributed by atoms with van der Waals surface area (Å²) in [4.78, 5) is 12.0. The molecule has 0 fully saturated rings. The van der Waals surface area contributed by atoms with Gasteiger partial charge in [-0.2, -0.15) is 0 Å². The van der Waals surface area contributed by atoms with Crippen LogP contribution in [0, 0.1) is 0 Å². The maximum atomic E-state index is 12.0. The molecule has 136 valence electrons. The third kappa shape index (κ3) is 5.39. The Balaban J connectivity index is 1.99. The highest BCUT2D eigenvalue weighted by molar-refractivity contribution is 5.91. The van der Waals surface area contributed by atoms with Crippen molar-refractivity contribution < 1.29 is 30.0 Å². The van der Waals surface area contributed by atoms with Gasteiger partial charge in [-0.3, -0.25) is 4.79 Å². The van der Waals surface area contributed by atoms with E-state index in [9.17, 15) is 25.2 Å². The van der Waals surface area contributed by atoms with Crippen LogP contribution in [0.1, 0.15) is 23.7 Å². The van der Waals surface area contributed by atoms with Crippen molar-refractivity contribution in [3.8, 4) is 17.2 Å². The average Bonchev–Trinajstić information content (AvgIpc) is 2.61. The van der Waals surface area contributed by atoms with Gasteiger partial charge in [0, 0.05) is 12.5 Å². The number of phenols is 2. The number of methoxy groups -OCH3 is 1. The first-order valence-corrected chi connectivity index (χ1v) is 7.84. The highest BCUT2D eigenvalue weighted by Crippen LogP contribution is 2.30. The first-order valence-electron chi connectivity index (χ1n) is 7.84. The molecule has 0 aliphatic carbocycles. The number of hydrogen-bond acceptors (Lipinski definition) is 6. The van der Waals surface area contributed by atoms with Gasteiger partial charge in [-0.05, 0) is 41.5 Å². The van der Waals surface area contributed by atoms with Gasteiger partial charge in [0.2, 0.25) is 0 Å². The summed E-state index contributed by atoms with van der Waals surface area (Å²) in [7, 11) is 1.39. The Labute approximate surface area is 150 Å². The van der Waals surface area contributed by atoms with Crippen molar-refractivity contribution >= 4 is 11.9 Å².